The highest BCUT2D eigenvalue weighted by molar-refractivity contribution is 5.79. The van der Waals surface area contributed by atoms with Crippen LogP contribution >= 0.6 is 0 Å². The minimum Gasteiger partial charge on any atom is -0.468 e. The molecule has 0 saturated carbocycles. The second-order valence-electron chi connectivity index (χ2n) is 5.68. The molecule has 0 amide bonds. The number of hydrogen-bond donors (Lipinski definition) is 2. The van der Waals surface area contributed by atoms with E-state index in [2.05, 4.69) is 4.74 Å². The van der Waals surface area contributed by atoms with Crippen molar-refractivity contribution >= 4 is 11.9 Å². The summed E-state index contributed by atoms with van der Waals surface area (Å²) in [4.78, 5) is 23.2. The summed E-state index contributed by atoms with van der Waals surface area (Å²) in [5.74, 6) is -1.04. The fraction of sp³-hybridized carbons (Fsp3) is 0.467. The SMILES string of the molecule is COC(=O)C(N)c1ccc(C(N)C(=O)OC(C)(C)C)cc1. The quantitative estimate of drug-likeness (QED) is 0.808. The Hall–Kier alpha value is -1.92. The fourth-order valence-electron chi connectivity index (χ4n) is 1.68. The van der Waals surface area contributed by atoms with Crippen molar-refractivity contribution in [3.8, 4) is 0 Å². The summed E-state index contributed by atoms with van der Waals surface area (Å²) in [6.07, 6.45) is 0. The lowest BCUT2D eigenvalue weighted by atomic mass is 10.0. The maximum atomic E-state index is 11.9. The molecule has 0 aliphatic carbocycles. The van der Waals surface area contributed by atoms with Crippen LogP contribution in [0.4, 0.5) is 0 Å². The van der Waals surface area contributed by atoms with Crippen molar-refractivity contribution in [2.45, 2.75) is 38.5 Å². The number of hydrogen-bond acceptors (Lipinski definition) is 6. The van der Waals surface area contributed by atoms with Gasteiger partial charge in [-0.25, -0.2) is 4.79 Å². The van der Waals surface area contributed by atoms with Gasteiger partial charge < -0.3 is 20.9 Å². The van der Waals surface area contributed by atoms with E-state index in [1.165, 1.54) is 7.11 Å². The molecule has 0 spiro atoms. The number of benzene rings is 1. The molecular formula is C15H22N2O4. The third-order valence-electron chi connectivity index (χ3n) is 2.77. The Morgan fingerprint density at radius 3 is 1.67 bits per heavy atom. The van der Waals surface area contributed by atoms with Gasteiger partial charge in [-0.1, -0.05) is 24.3 Å². The standard InChI is InChI=1S/C15H22N2O4/c1-15(2,3)21-14(19)12(17)10-7-5-9(6-8-10)11(16)13(18)20-4/h5-8,11-12H,16-17H2,1-4H3. The van der Waals surface area contributed by atoms with Crippen molar-refractivity contribution in [2.24, 2.45) is 11.5 Å². The average Bonchev–Trinajstić information content (AvgIpc) is 2.43. The van der Waals surface area contributed by atoms with E-state index >= 15 is 0 Å². The van der Waals surface area contributed by atoms with Gasteiger partial charge in [0.05, 0.1) is 7.11 Å². The largest absolute Gasteiger partial charge is 0.468 e. The predicted molar refractivity (Wildman–Crippen MR) is 78.2 cm³/mol. The van der Waals surface area contributed by atoms with Gasteiger partial charge in [0.25, 0.3) is 0 Å². The van der Waals surface area contributed by atoms with Gasteiger partial charge in [0.2, 0.25) is 0 Å². The molecule has 21 heavy (non-hydrogen) atoms. The number of methoxy groups -OCH3 is 1. The molecule has 0 radical (unpaired) electrons. The van der Waals surface area contributed by atoms with Gasteiger partial charge in [0.15, 0.2) is 0 Å². The molecule has 0 aromatic heterocycles. The first kappa shape index (κ1) is 17.1. The molecule has 116 valence electrons. The number of ether oxygens (including phenoxy) is 2. The van der Waals surface area contributed by atoms with E-state index < -0.39 is 29.6 Å². The summed E-state index contributed by atoms with van der Waals surface area (Å²) in [6.45, 7) is 5.32. The van der Waals surface area contributed by atoms with Crippen LogP contribution in [0.15, 0.2) is 24.3 Å². The molecule has 0 bridgehead atoms. The summed E-state index contributed by atoms with van der Waals surface area (Å²) in [7, 11) is 1.27. The maximum Gasteiger partial charge on any atom is 0.328 e. The molecule has 0 fully saturated rings. The minimum atomic E-state index is -0.882. The van der Waals surface area contributed by atoms with E-state index in [1.807, 2.05) is 0 Å². The zero-order valence-electron chi connectivity index (χ0n) is 12.8. The third kappa shape index (κ3) is 4.84. The number of esters is 2. The average molecular weight is 294 g/mol. The van der Waals surface area contributed by atoms with Crippen LogP contribution in [0, 0.1) is 0 Å². The zero-order valence-corrected chi connectivity index (χ0v) is 12.8. The van der Waals surface area contributed by atoms with Gasteiger partial charge >= 0.3 is 11.9 Å². The van der Waals surface area contributed by atoms with Crippen molar-refractivity contribution in [3.05, 3.63) is 35.4 Å². The number of carbonyl (C=O) groups excluding carboxylic acids is 2. The molecule has 1 rings (SSSR count). The molecule has 0 saturated heterocycles. The predicted octanol–water partition coefficient (Wildman–Crippen LogP) is 1.20. The topological polar surface area (TPSA) is 105 Å². The summed E-state index contributed by atoms with van der Waals surface area (Å²) < 4.78 is 9.80. The van der Waals surface area contributed by atoms with Crippen molar-refractivity contribution < 1.29 is 19.1 Å². The lowest BCUT2D eigenvalue weighted by Gasteiger charge is -2.22. The number of rotatable bonds is 4. The first-order chi connectivity index (χ1) is 9.65. The molecule has 2 unspecified atom stereocenters. The van der Waals surface area contributed by atoms with Crippen molar-refractivity contribution in [2.75, 3.05) is 7.11 Å². The molecular weight excluding hydrogens is 272 g/mol. The van der Waals surface area contributed by atoms with Crippen molar-refractivity contribution in [3.63, 3.8) is 0 Å². The zero-order chi connectivity index (χ0) is 16.2. The van der Waals surface area contributed by atoms with Gasteiger partial charge in [0, 0.05) is 0 Å². The lowest BCUT2D eigenvalue weighted by Crippen LogP contribution is -2.31. The van der Waals surface area contributed by atoms with Gasteiger partial charge in [0.1, 0.15) is 17.7 Å². The molecule has 1 aromatic rings. The van der Waals surface area contributed by atoms with E-state index in [0.717, 1.165) is 0 Å². The molecule has 0 aliphatic heterocycles. The monoisotopic (exact) mass is 294 g/mol. The van der Waals surface area contributed by atoms with Crippen LogP contribution in [0.1, 0.15) is 44.0 Å². The summed E-state index contributed by atoms with van der Waals surface area (Å²) in [5.41, 5.74) is 12.2. The van der Waals surface area contributed by atoms with Crippen LogP contribution in [0.5, 0.6) is 0 Å². The van der Waals surface area contributed by atoms with E-state index in [1.54, 1.807) is 45.0 Å². The Morgan fingerprint density at radius 2 is 1.33 bits per heavy atom. The van der Waals surface area contributed by atoms with Crippen LogP contribution in [0.3, 0.4) is 0 Å². The number of nitrogens with two attached hydrogens (primary N) is 2. The molecule has 1 aromatic carbocycles. The minimum absolute atomic E-state index is 0.507. The van der Waals surface area contributed by atoms with E-state index in [-0.39, 0.29) is 0 Å². The first-order valence-corrected chi connectivity index (χ1v) is 6.57. The molecule has 4 N–H and O–H groups in total. The van der Waals surface area contributed by atoms with Crippen LogP contribution in [-0.4, -0.2) is 24.6 Å². The number of carbonyl (C=O) groups is 2. The third-order valence-corrected chi connectivity index (χ3v) is 2.77. The molecule has 6 nitrogen and oxygen atoms in total. The Bertz CT molecular complexity index is 505. The molecule has 2 atom stereocenters. The molecule has 6 heteroatoms. The van der Waals surface area contributed by atoms with Crippen LogP contribution in [-0.2, 0) is 19.1 Å². The summed E-state index contributed by atoms with van der Waals surface area (Å²) in [6, 6.07) is 4.83. The highest BCUT2D eigenvalue weighted by Gasteiger charge is 2.24. The van der Waals surface area contributed by atoms with E-state index in [4.69, 9.17) is 16.2 Å². The normalized spacial score (nSPS) is 14.2. The molecule has 0 heterocycles. The Balaban J connectivity index is 2.82. The molecule has 0 aliphatic rings. The first-order valence-electron chi connectivity index (χ1n) is 6.57. The van der Waals surface area contributed by atoms with Crippen molar-refractivity contribution in [1.29, 1.82) is 0 Å². The second-order valence-corrected chi connectivity index (χ2v) is 5.68. The van der Waals surface area contributed by atoms with Crippen LogP contribution in [0.2, 0.25) is 0 Å². The second kappa shape index (κ2) is 6.69. The smallest absolute Gasteiger partial charge is 0.328 e. The Kier molecular flexibility index (Phi) is 5.46. The van der Waals surface area contributed by atoms with Gasteiger partial charge in [-0.15, -0.1) is 0 Å². The van der Waals surface area contributed by atoms with Crippen molar-refractivity contribution in [1.82, 2.24) is 0 Å². The van der Waals surface area contributed by atoms with Crippen LogP contribution in [0.25, 0.3) is 0 Å². The lowest BCUT2D eigenvalue weighted by molar-refractivity contribution is -0.156. The summed E-state index contributed by atoms with van der Waals surface area (Å²) >= 11 is 0. The highest BCUT2D eigenvalue weighted by Crippen LogP contribution is 2.19. The van der Waals surface area contributed by atoms with Gasteiger partial charge in [-0.05, 0) is 31.9 Å². The maximum absolute atomic E-state index is 11.9. The highest BCUT2D eigenvalue weighted by atomic mass is 16.6. The van der Waals surface area contributed by atoms with Gasteiger partial charge in [-0.2, -0.15) is 0 Å². The van der Waals surface area contributed by atoms with E-state index in [9.17, 15) is 9.59 Å². The van der Waals surface area contributed by atoms with Gasteiger partial charge in [-0.3, -0.25) is 4.79 Å². The van der Waals surface area contributed by atoms with Crippen LogP contribution < -0.4 is 11.5 Å². The van der Waals surface area contributed by atoms with E-state index in [0.29, 0.717) is 11.1 Å². The summed E-state index contributed by atoms with van der Waals surface area (Å²) in [5, 5.41) is 0. The Morgan fingerprint density at radius 1 is 0.952 bits per heavy atom. The fourth-order valence-corrected chi connectivity index (χ4v) is 1.68. The Labute approximate surface area is 124 Å².